The molecule has 3 heteroatoms. The van der Waals surface area contributed by atoms with Crippen molar-refractivity contribution in [2.24, 2.45) is 0 Å². The number of ether oxygens (including phenoxy) is 1. The van der Waals surface area contributed by atoms with Gasteiger partial charge in [-0.05, 0) is 6.07 Å². The molecule has 0 fully saturated rings. The van der Waals surface area contributed by atoms with Crippen LogP contribution in [0.2, 0.25) is 0 Å². The van der Waals surface area contributed by atoms with Crippen LogP contribution in [0.5, 0.6) is 0 Å². The summed E-state index contributed by atoms with van der Waals surface area (Å²) in [6.07, 6.45) is 0. The van der Waals surface area contributed by atoms with E-state index in [1.54, 1.807) is 24.3 Å². The third-order valence-corrected chi connectivity index (χ3v) is 1.94. The van der Waals surface area contributed by atoms with Crippen molar-refractivity contribution < 1.29 is 14.6 Å². The number of benzene rings is 1. The van der Waals surface area contributed by atoms with Crippen LogP contribution in [0, 0.1) is 0 Å². The van der Waals surface area contributed by atoms with Gasteiger partial charge in [0.15, 0.2) is 0 Å². The van der Waals surface area contributed by atoms with Gasteiger partial charge in [-0.1, -0.05) is 18.2 Å². The Morgan fingerprint density at radius 3 is 2.75 bits per heavy atom. The molecule has 0 bridgehead atoms. The molecule has 1 aromatic carbocycles. The first-order valence-corrected chi connectivity index (χ1v) is 3.66. The Morgan fingerprint density at radius 1 is 1.42 bits per heavy atom. The van der Waals surface area contributed by atoms with E-state index in [1.165, 1.54) is 6.92 Å². The van der Waals surface area contributed by atoms with Gasteiger partial charge in [0.25, 0.3) is 0 Å². The number of hydrogen-bond acceptors (Lipinski definition) is 3. The lowest BCUT2D eigenvalue weighted by Gasteiger charge is -2.15. The third kappa shape index (κ3) is 0.833. The van der Waals surface area contributed by atoms with Crippen LogP contribution in [0.4, 0.5) is 0 Å². The molecule has 1 N–H and O–H groups in total. The lowest BCUT2D eigenvalue weighted by Crippen LogP contribution is -2.20. The molecule has 1 aliphatic heterocycles. The highest BCUT2D eigenvalue weighted by Crippen LogP contribution is 2.33. The van der Waals surface area contributed by atoms with E-state index in [0.717, 1.165) is 0 Å². The normalized spacial score (nSPS) is 26.7. The fourth-order valence-electron chi connectivity index (χ4n) is 1.36. The molecule has 0 saturated carbocycles. The van der Waals surface area contributed by atoms with Crippen LogP contribution < -0.4 is 0 Å². The second-order valence-corrected chi connectivity index (χ2v) is 2.92. The molecule has 0 unspecified atom stereocenters. The van der Waals surface area contributed by atoms with Gasteiger partial charge < -0.3 is 9.84 Å². The van der Waals surface area contributed by atoms with Crippen molar-refractivity contribution in [2.75, 3.05) is 0 Å². The van der Waals surface area contributed by atoms with Crippen molar-refractivity contribution in [3.63, 3.8) is 0 Å². The molecular weight excluding hydrogens is 156 g/mol. The molecular formula is C9H8O3. The molecule has 62 valence electrons. The minimum Gasteiger partial charge on any atom is -0.425 e. The van der Waals surface area contributed by atoms with Crippen LogP contribution in [0.3, 0.4) is 0 Å². The lowest BCUT2D eigenvalue weighted by molar-refractivity contribution is -0.147. The first-order valence-electron chi connectivity index (χ1n) is 3.66. The second kappa shape index (κ2) is 2.08. The van der Waals surface area contributed by atoms with Gasteiger partial charge >= 0.3 is 5.97 Å². The highest BCUT2D eigenvalue weighted by atomic mass is 16.7. The average Bonchev–Trinajstić information content (AvgIpc) is 2.25. The van der Waals surface area contributed by atoms with Crippen molar-refractivity contribution in [1.29, 1.82) is 0 Å². The Hall–Kier alpha value is -1.35. The van der Waals surface area contributed by atoms with Gasteiger partial charge in [-0.15, -0.1) is 0 Å². The first kappa shape index (κ1) is 7.31. The fraction of sp³-hybridized carbons (Fsp3) is 0.222. The Labute approximate surface area is 69.6 Å². The van der Waals surface area contributed by atoms with Gasteiger partial charge in [0, 0.05) is 12.5 Å². The zero-order valence-electron chi connectivity index (χ0n) is 6.57. The fourth-order valence-corrected chi connectivity index (χ4v) is 1.36. The zero-order valence-corrected chi connectivity index (χ0v) is 6.57. The summed E-state index contributed by atoms with van der Waals surface area (Å²) in [5, 5.41) is 9.57. The lowest BCUT2D eigenvalue weighted by atomic mass is 10.0. The topological polar surface area (TPSA) is 46.5 Å². The molecule has 1 heterocycles. The highest BCUT2D eigenvalue weighted by Gasteiger charge is 2.39. The Balaban J connectivity index is 2.66. The van der Waals surface area contributed by atoms with Gasteiger partial charge in [0.05, 0.1) is 5.56 Å². The van der Waals surface area contributed by atoms with E-state index in [0.29, 0.717) is 11.1 Å². The van der Waals surface area contributed by atoms with Gasteiger partial charge in [-0.3, -0.25) is 0 Å². The standard InChI is InChI=1S/C9H8O3/c1-9(11)7-5-3-2-4-6(7)8(10)12-9/h2-5,11H,1H3/t9-/m0/s1. The SMILES string of the molecule is C[C@]1(O)OC(=O)c2ccccc21. The average molecular weight is 164 g/mol. The molecule has 1 aromatic rings. The molecule has 0 saturated heterocycles. The Kier molecular flexibility index (Phi) is 1.26. The van der Waals surface area contributed by atoms with E-state index in [-0.39, 0.29) is 0 Å². The van der Waals surface area contributed by atoms with Crippen molar-refractivity contribution in [3.8, 4) is 0 Å². The van der Waals surface area contributed by atoms with Crippen LogP contribution in [0.25, 0.3) is 0 Å². The second-order valence-electron chi connectivity index (χ2n) is 2.92. The molecule has 1 aliphatic rings. The smallest absolute Gasteiger partial charge is 0.341 e. The number of cyclic esters (lactones) is 1. The minimum absolute atomic E-state index is 0.447. The van der Waals surface area contributed by atoms with Gasteiger partial charge in [-0.25, -0.2) is 4.79 Å². The molecule has 0 spiro atoms. The quantitative estimate of drug-likeness (QED) is 0.582. The Morgan fingerprint density at radius 2 is 2.08 bits per heavy atom. The molecule has 0 amide bonds. The van der Waals surface area contributed by atoms with Crippen LogP contribution in [-0.2, 0) is 10.5 Å². The summed E-state index contributed by atoms with van der Waals surface area (Å²) < 4.78 is 4.74. The number of carbonyl (C=O) groups is 1. The summed E-state index contributed by atoms with van der Waals surface area (Å²) in [7, 11) is 0. The number of aliphatic hydroxyl groups is 1. The maximum atomic E-state index is 11.1. The number of esters is 1. The number of rotatable bonds is 0. The molecule has 12 heavy (non-hydrogen) atoms. The van der Waals surface area contributed by atoms with Crippen molar-refractivity contribution >= 4 is 5.97 Å². The van der Waals surface area contributed by atoms with Crippen molar-refractivity contribution in [1.82, 2.24) is 0 Å². The summed E-state index contributed by atoms with van der Waals surface area (Å²) in [6.45, 7) is 1.46. The van der Waals surface area contributed by atoms with Gasteiger partial charge in [0.1, 0.15) is 0 Å². The summed E-state index contributed by atoms with van der Waals surface area (Å²) in [5.41, 5.74) is 0.984. The maximum Gasteiger partial charge on any atom is 0.341 e. The van der Waals surface area contributed by atoms with Crippen LogP contribution in [-0.4, -0.2) is 11.1 Å². The third-order valence-electron chi connectivity index (χ3n) is 1.94. The zero-order chi connectivity index (χ0) is 8.77. The summed E-state index contributed by atoms with van der Waals surface area (Å²) in [6, 6.07) is 6.82. The van der Waals surface area contributed by atoms with Crippen molar-refractivity contribution in [2.45, 2.75) is 12.7 Å². The van der Waals surface area contributed by atoms with Crippen LogP contribution in [0.15, 0.2) is 24.3 Å². The van der Waals surface area contributed by atoms with Crippen LogP contribution in [0.1, 0.15) is 22.8 Å². The monoisotopic (exact) mass is 164 g/mol. The predicted molar refractivity (Wildman–Crippen MR) is 41.4 cm³/mol. The molecule has 3 nitrogen and oxygen atoms in total. The largest absolute Gasteiger partial charge is 0.425 e. The number of hydrogen-bond donors (Lipinski definition) is 1. The van der Waals surface area contributed by atoms with Gasteiger partial charge in [0.2, 0.25) is 5.79 Å². The molecule has 2 rings (SSSR count). The predicted octanol–water partition coefficient (Wildman–Crippen LogP) is 1.02. The van der Waals surface area contributed by atoms with Gasteiger partial charge in [-0.2, -0.15) is 0 Å². The molecule has 1 atom stereocenters. The first-order chi connectivity index (χ1) is 5.61. The Bertz CT molecular complexity index is 341. The number of fused-ring (bicyclic) bond motifs is 1. The summed E-state index contributed by atoms with van der Waals surface area (Å²) in [4.78, 5) is 11.1. The highest BCUT2D eigenvalue weighted by molar-refractivity contribution is 5.94. The van der Waals surface area contributed by atoms with E-state index in [2.05, 4.69) is 0 Å². The molecule has 0 aromatic heterocycles. The minimum atomic E-state index is -1.45. The van der Waals surface area contributed by atoms with E-state index < -0.39 is 11.8 Å². The maximum absolute atomic E-state index is 11.1. The van der Waals surface area contributed by atoms with Crippen LogP contribution >= 0.6 is 0 Å². The molecule has 0 radical (unpaired) electrons. The van der Waals surface area contributed by atoms with E-state index >= 15 is 0 Å². The van der Waals surface area contributed by atoms with E-state index in [9.17, 15) is 9.90 Å². The summed E-state index contributed by atoms with van der Waals surface area (Å²) in [5.74, 6) is -1.91. The number of carbonyl (C=O) groups excluding carboxylic acids is 1. The molecule has 0 aliphatic carbocycles. The van der Waals surface area contributed by atoms with Crippen molar-refractivity contribution in [3.05, 3.63) is 35.4 Å². The van der Waals surface area contributed by atoms with E-state index in [4.69, 9.17) is 4.74 Å². The summed E-state index contributed by atoms with van der Waals surface area (Å²) >= 11 is 0. The van der Waals surface area contributed by atoms with E-state index in [1.807, 2.05) is 0 Å².